The molecular weight excluding hydrogens is 540 g/mol. The minimum atomic E-state index is -0.0317. The highest BCUT2D eigenvalue weighted by Gasteiger charge is 2.36. The first-order valence-corrected chi connectivity index (χ1v) is 15.9. The molecule has 0 atom stereocenters. The maximum absolute atomic E-state index is 2.37. The molecule has 0 heterocycles. The molecule has 0 aromatic heterocycles. The Bertz CT molecular complexity index is 2390. The molecule has 1 aliphatic rings. The van der Waals surface area contributed by atoms with Crippen LogP contribution >= 0.6 is 0 Å². The van der Waals surface area contributed by atoms with Crippen LogP contribution in [-0.2, 0) is 5.41 Å². The zero-order valence-electron chi connectivity index (χ0n) is 25.5. The van der Waals surface area contributed by atoms with Gasteiger partial charge in [0.15, 0.2) is 0 Å². The summed E-state index contributed by atoms with van der Waals surface area (Å²) in [6, 6.07) is 58.3. The van der Waals surface area contributed by atoms with E-state index in [4.69, 9.17) is 0 Å². The van der Waals surface area contributed by atoms with E-state index >= 15 is 0 Å². The summed E-state index contributed by atoms with van der Waals surface area (Å²) < 4.78 is 0. The zero-order valence-corrected chi connectivity index (χ0v) is 25.5. The van der Waals surface area contributed by atoms with E-state index in [1.54, 1.807) is 0 Å². The third-order valence-electron chi connectivity index (χ3n) is 10.1. The average Bonchev–Trinajstić information content (AvgIpc) is 3.33. The van der Waals surface area contributed by atoms with E-state index in [0.717, 1.165) is 0 Å². The van der Waals surface area contributed by atoms with Crippen molar-refractivity contribution in [2.45, 2.75) is 19.3 Å². The molecule has 8 aromatic rings. The van der Waals surface area contributed by atoms with Gasteiger partial charge in [-0.25, -0.2) is 0 Å². The van der Waals surface area contributed by atoms with Gasteiger partial charge in [-0.1, -0.05) is 172 Å². The van der Waals surface area contributed by atoms with E-state index in [9.17, 15) is 0 Å². The average molecular weight is 573 g/mol. The van der Waals surface area contributed by atoms with Crippen molar-refractivity contribution in [1.82, 2.24) is 0 Å². The maximum atomic E-state index is 2.37. The molecule has 0 amide bonds. The minimum Gasteiger partial charge on any atom is -0.0622 e. The van der Waals surface area contributed by atoms with Crippen molar-refractivity contribution in [2.24, 2.45) is 0 Å². The molecule has 0 bridgehead atoms. The molecule has 1 aliphatic carbocycles. The first-order chi connectivity index (χ1) is 22.1. The van der Waals surface area contributed by atoms with Gasteiger partial charge in [-0.3, -0.25) is 0 Å². The molecular formula is C45H32. The van der Waals surface area contributed by atoms with Crippen molar-refractivity contribution in [3.63, 3.8) is 0 Å². The molecule has 0 spiro atoms. The second-order valence-electron chi connectivity index (χ2n) is 12.8. The Morgan fingerprint density at radius 3 is 1.42 bits per heavy atom. The minimum absolute atomic E-state index is 0.0317. The molecule has 45 heavy (non-hydrogen) atoms. The highest BCUT2D eigenvalue weighted by atomic mass is 14.4. The molecule has 0 N–H and O–H groups in total. The summed E-state index contributed by atoms with van der Waals surface area (Å²) in [6.45, 7) is 4.72. The molecule has 0 aliphatic heterocycles. The molecule has 9 rings (SSSR count). The van der Waals surface area contributed by atoms with Gasteiger partial charge in [0.2, 0.25) is 0 Å². The van der Waals surface area contributed by atoms with Gasteiger partial charge in [-0.2, -0.15) is 0 Å². The summed E-state index contributed by atoms with van der Waals surface area (Å²) in [5.41, 5.74) is 13.2. The Balaban J connectivity index is 1.36. The SMILES string of the molecule is CC1(C)c2ccccc2-c2c(-c3ccc(-c4c5ccccc5c(-c5ccccc5)c5ccccc45)c4ccccc34)cccc21. The zero-order chi connectivity index (χ0) is 30.1. The summed E-state index contributed by atoms with van der Waals surface area (Å²) in [5.74, 6) is 0. The summed E-state index contributed by atoms with van der Waals surface area (Å²) in [7, 11) is 0. The number of benzene rings is 8. The Kier molecular flexibility index (Phi) is 5.64. The van der Waals surface area contributed by atoms with Crippen molar-refractivity contribution in [3.8, 4) is 44.5 Å². The van der Waals surface area contributed by atoms with Gasteiger partial charge in [-0.15, -0.1) is 0 Å². The monoisotopic (exact) mass is 572 g/mol. The van der Waals surface area contributed by atoms with Crippen LogP contribution in [0.2, 0.25) is 0 Å². The lowest BCUT2D eigenvalue weighted by Gasteiger charge is -2.22. The van der Waals surface area contributed by atoms with Gasteiger partial charge in [0.1, 0.15) is 0 Å². The largest absolute Gasteiger partial charge is 0.0622 e. The molecule has 8 aromatic carbocycles. The molecule has 212 valence electrons. The van der Waals surface area contributed by atoms with E-state index in [2.05, 4.69) is 172 Å². The van der Waals surface area contributed by atoms with E-state index < -0.39 is 0 Å². The Labute approximate surface area is 264 Å². The van der Waals surface area contributed by atoms with Gasteiger partial charge in [0, 0.05) is 5.41 Å². The van der Waals surface area contributed by atoms with Crippen LogP contribution in [0.1, 0.15) is 25.0 Å². The highest BCUT2D eigenvalue weighted by Crippen LogP contribution is 2.53. The van der Waals surface area contributed by atoms with Crippen molar-refractivity contribution in [2.75, 3.05) is 0 Å². The van der Waals surface area contributed by atoms with Crippen molar-refractivity contribution in [3.05, 3.63) is 169 Å². The maximum Gasteiger partial charge on any atom is 0.0159 e. The van der Waals surface area contributed by atoms with Crippen LogP contribution in [0.4, 0.5) is 0 Å². The van der Waals surface area contributed by atoms with Gasteiger partial charge >= 0.3 is 0 Å². The standard InChI is InChI=1S/C45H32/c1-45(2)40-25-13-12-23-39(40)44-33(24-14-26-41(44)45)32-27-28-38(31-18-7-6-17-30(31)32)43-36-21-10-8-19-34(36)42(29-15-4-3-5-16-29)35-20-9-11-22-37(35)43/h3-28H,1-2H3. The third kappa shape index (κ3) is 3.72. The van der Waals surface area contributed by atoms with Gasteiger partial charge in [0.25, 0.3) is 0 Å². The summed E-state index contributed by atoms with van der Waals surface area (Å²) in [5, 5.41) is 7.69. The number of hydrogen-bond acceptors (Lipinski definition) is 0. The lowest BCUT2D eigenvalue weighted by Crippen LogP contribution is -2.14. The predicted octanol–water partition coefficient (Wildman–Crippen LogP) is 12.5. The smallest absolute Gasteiger partial charge is 0.0159 e. The fourth-order valence-electron chi connectivity index (χ4n) is 8.07. The molecule has 0 saturated carbocycles. The lowest BCUT2D eigenvalue weighted by molar-refractivity contribution is 0.660. The summed E-state index contributed by atoms with van der Waals surface area (Å²) in [4.78, 5) is 0. The lowest BCUT2D eigenvalue weighted by atomic mass is 9.81. The Morgan fingerprint density at radius 1 is 0.289 bits per heavy atom. The van der Waals surface area contributed by atoms with E-state index in [-0.39, 0.29) is 5.41 Å². The van der Waals surface area contributed by atoms with Crippen LogP contribution in [0.5, 0.6) is 0 Å². The van der Waals surface area contributed by atoms with Crippen LogP contribution in [0, 0.1) is 0 Å². The summed E-state index contributed by atoms with van der Waals surface area (Å²) in [6.07, 6.45) is 0. The fraction of sp³-hybridized carbons (Fsp3) is 0.0667. The second kappa shape index (κ2) is 9.78. The van der Waals surface area contributed by atoms with E-state index in [1.165, 1.54) is 88.0 Å². The number of rotatable bonds is 3. The molecule has 0 saturated heterocycles. The third-order valence-corrected chi connectivity index (χ3v) is 10.1. The van der Waals surface area contributed by atoms with Crippen LogP contribution in [0.3, 0.4) is 0 Å². The first kappa shape index (κ1) is 26.0. The van der Waals surface area contributed by atoms with Crippen molar-refractivity contribution < 1.29 is 0 Å². The number of fused-ring (bicyclic) bond motifs is 6. The molecule has 0 unspecified atom stereocenters. The summed E-state index contributed by atoms with van der Waals surface area (Å²) >= 11 is 0. The van der Waals surface area contributed by atoms with Crippen molar-refractivity contribution in [1.29, 1.82) is 0 Å². The van der Waals surface area contributed by atoms with E-state index in [1.807, 2.05) is 0 Å². The molecule has 0 heteroatoms. The van der Waals surface area contributed by atoms with Gasteiger partial charge < -0.3 is 0 Å². The van der Waals surface area contributed by atoms with E-state index in [0.29, 0.717) is 0 Å². The topological polar surface area (TPSA) is 0 Å². The quantitative estimate of drug-likeness (QED) is 0.185. The number of hydrogen-bond donors (Lipinski definition) is 0. The van der Waals surface area contributed by atoms with Crippen LogP contribution in [0.15, 0.2) is 158 Å². The normalized spacial score (nSPS) is 13.3. The first-order valence-electron chi connectivity index (χ1n) is 15.9. The highest BCUT2D eigenvalue weighted by molar-refractivity contribution is 6.24. The van der Waals surface area contributed by atoms with Crippen LogP contribution < -0.4 is 0 Å². The van der Waals surface area contributed by atoms with Crippen molar-refractivity contribution >= 4 is 32.3 Å². The van der Waals surface area contributed by atoms with Crippen LogP contribution in [0.25, 0.3) is 76.8 Å². The molecule has 0 nitrogen and oxygen atoms in total. The second-order valence-corrected chi connectivity index (χ2v) is 12.8. The molecule has 0 radical (unpaired) electrons. The van der Waals surface area contributed by atoms with Gasteiger partial charge in [0.05, 0.1) is 0 Å². The predicted molar refractivity (Wildman–Crippen MR) is 193 cm³/mol. The Morgan fingerprint density at radius 2 is 0.756 bits per heavy atom. The Hall–Kier alpha value is -5.46. The fourth-order valence-corrected chi connectivity index (χ4v) is 8.07. The van der Waals surface area contributed by atoms with Gasteiger partial charge in [-0.05, 0) is 88.0 Å². The van der Waals surface area contributed by atoms with Crippen LogP contribution in [-0.4, -0.2) is 0 Å². The molecule has 0 fully saturated rings.